The third-order valence-corrected chi connectivity index (χ3v) is 6.69. The summed E-state index contributed by atoms with van der Waals surface area (Å²) in [5.41, 5.74) is 0.439. The molecule has 6 nitrogen and oxygen atoms in total. The van der Waals surface area contributed by atoms with E-state index in [-0.39, 0.29) is 11.6 Å². The van der Waals surface area contributed by atoms with E-state index in [9.17, 15) is 18.0 Å². The van der Waals surface area contributed by atoms with Gasteiger partial charge in [0.25, 0.3) is 5.56 Å². The molecule has 186 valence electrons. The summed E-state index contributed by atoms with van der Waals surface area (Å²) >= 11 is 0. The number of hydrogen-bond acceptors (Lipinski definition) is 5. The van der Waals surface area contributed by atoms with Gasteiger partial charge in [-0.15, -0.1) is 0 Å². The summed E-state index contributed by atoms with van der Waals surface area (Å²) in [6.45, 7) is 2.70. The topological polar surface area (TPSA) is 54.3 Å². The first-order chi connectivity index (χ1) is 17.4. The standard InChI is InChI=1S/C27H26F3N5O/c28-27(29,30)20-6-5-7-22(18-20)34(25-10-3-4-13-31-25)17-16-33-14-11-21(12-15-33)35-19-32-24-9-2-1-8-23(24)26(35)36/h1-10,13,18-19,21H,11-12,14-17H2. The van der Waals surface area contributed by atoms with E-state index in [1.54, 1.807) is 41.4 Å². The van der Waals surface area contributed by atoms with Crippen molar-refractivity contribution in [3.8, 4) is 0 Å². The van der Waals surface area contributed by atoms with E-state index >= 15 is 0 Å². The molecule has 0 aliphatic carbocycles. The van der Waals surface area contributed by atoms with Gasteiger partial charge in [0.05, 0.1) is 22.8 Å². The van der Waals surface area contributed by atoms with E-state index in [0.717, 1.165) is 32.0 Å². The first kappa shape index (κ1) is 24.0. The van der Waals surface area contributed by atoms with Crippen LogP contribution in [-0.4, -0.2) is 45.6 Å². The van der Waals surface area contributed by atoms with E-state index in [0.29, 0.717) is 35.5 Å². The number of benzene rings is 2. The Morgan fingerprint density at radius 1 is 0.944 bits per heavy atom. The molecule has 36 heavy (non-hydrogen) atoms. The van der Waals surface area contributed by atoms with Crippen LogP contribution in [0.5, 0.6) is 0 Å². The number of halogens is 3. The van der Waals surface area contributed by atoms with Crippen LogP contribution < -0.4 is 10.5 Å². The number of hydrogen-bond donors (Lipinski definition) is 0. The quantitative estimate of drug-likeness (QED) is 0.366. The predicted octanol–water partition coefficient (Wildman–Crippen LogP) is 5.29. The van der Waals surface area contributed by atoms with E-state index in [1.807, 2.05) is 29.2 Å². The molecule has 2 aromatic heterocycles. The minimum Gasteiger partial charge on any atom is -0.325 e. The van der Waals surface area contributed by atoms with Crippen LogP contribution in [0.4, 0.5) is 24.7 Å². The SMILES string of the molecule is O=c1c2ccccc2ncn1C1CCN(CCN(c2cccc(C(F)(F)F)c2)c2ccccn2)CC1. The third kappa shape index (κ3) is 5.11. The van der Waals surface area contributed by atoms with E-state index < -0.39 is 11.7 Å². The highest BCUT2D eigenvalue weighted by molar-refractivity contribution is 5.76. The second-order valence-electron chi connectivity index (χ2n) is 8.93. The van der Waals surface area contributed by atoms with Gasteiger partial charge in [-0.3, -0.25) is 9.36 Å². The molecule has 9 heteroatoms. The number of nitrogens with zero attached hydrogens (tertiary/aromatic N) is 5. The fourth-order valence-electron chi connectivity index (χ4n) is 4.75. The van der Waals surface area contributed by atoms with E-state index in [1.165, 1.54) is 12.1 Å². The zero-order valence-corrected chi connectivity index (χ0v) is 19.6. The third-order valence-electron chi connectivity index (χ3n) is 6.69. The highest BCUT2D eigenvalue weighted by atomic mass is 19.4. The minimum absolute atomic E-state index is 0.0232. The highest BCUT2D eigenvalue weighted by Gasteiger charge is 2.31. The van der Waals surface area contributed by atoms with Crippen molar-refractivity contribution in [3.05, 3.63) is 95.2 Å². The average molecular weight is 494 g/mol. The zero-order chi connectivity index (χ0) is 25.1. The lowest BCUT2D eigenvalue weighted by Crippen LogP contribution is -2.41. The molecule has 0 saturated carbocycles. The number of rotatable bonds is 6. The second-order valence-corrected chi connectivity index (χ2v) is 8.93. The molecule has 0 radical (unpaired) electrons. The van der Waals surface area contributed by atoms with Crippen molar-refractivity contribution in [2.75, 3.05) is 31.1 Å². The molecule has 1 fully saturated rings. The maximum Gasteiger partial charge on any atom is 0.416 e. The number of aromatic nitrogens is 3. The van der Waals surface area contributed by atoms with Gasteiger partial charge in [0.2, 0.25) is 0 Å². The summed E-state index contributed by atoms with van der Waals surface area (Å²) in [6.07, 6.45) is 0.460. The van der Waals surface area contributed by atoms with Gasteiger partial charge < -0.3 is 9.80 Å². The molecular weight excluding hydrogens is 467 g/mol. The molecule has 0 unspecified atom stereocenters. The van der Waals surface area contributed by atoms with Gasteiger partial charge in [-0.05, 0) is 55.3 Å². The molecule has 0 N–H and O–H groups in total. The van der Waals surface area contributed by atoms with Crippen molar-refractivity contribution in [2.45, 2.75) is 25.1 Å². The Morgan fingerprint density at radius 3 is 2.47 bits per heavy atom. The van der Waals surface area contributed by atoms with Crippen LogP contribution in [-0.2, 0) is 6.18 Å². The number of anilines is 2. The van der Waals surface area contributed by atoms with Crippen molar-refractivity contribution in [2.24, 2.45) is 0 Å². The van der Waals surface area contributed by atoms with Crippen LogP contribution in [0.25, 0.3) is 10.9 Å². The van der Waals surface area contributed by atoms with E-state index in [4.69, 9.17) is 0 Å². The van der Waals surface area contributed by atoms with Crippen LogP contribution in [0, 0.1) is 0 Å². The average Bonchev–Trinajstić information content (AvgIpc) is 2.90. The molecule has 1 saturated heterocycles. The number of para-hydroxylation sites is 1. The van der Waals surface area contributed by atoms with Crippen LogP contribution >= 0.6 is 0 Å². The molecule has 0 amide bonds. The summed E-state index contributed by atoms with van der Waals surface area (Å²) in [5.74, 6) is 0.598. The minimum atomic E-state index is -4.41. The first-order valence-electron chi connectivity index (χ1n) is 11.9. The van der Waals surface area contributed by atoms with E-state index in [2.05, 4.69) is 14.9 Å². The zero-order valence-electron chi connectivity index (χ0n) is 19.6. The van der Waals surface area contributed by atoms with Crippen LogP contribution in [0.3, 0.4) is 0 Å². The first-order valence-corrected chi connectivity index (χ1v) is 11.9. The molecule has 0 atom stereocenters. The van der Waals surface area contributed by atoms with Crippen LogP contribution in [0.2, 0.25) is 0 Å². The van der Waals surface area contributed by atoms with Crippen LogP contribution in [0.1, 0.15) is 24.4 Å². The van der Waals surface area contributed by atoms with Gasteiger partial charge in [-0.1, -0.05) is 24.3 Å². The van der Waals surface area contributed by atoms with Crippen LogP contribution in [0.15, 0.2) is 84.0 Å². The lowest BCUT2D eigenvalue weighted by atomic mass is 10.0. The van der Waals surface area contributed by atoms with Crippen molar-refractivity contribution in [3.63, 3.8) is 0 Å². The summed E-state index contributed by atoms with van der Waals surface area (Å²) < 4.78 is 41.7. The molecule has 1 aliphatic heterocycles. The Morgan fingerprint density at radius 2 is 1.72 bits per heavy atom. The van der Waals surface area contributed by atoms with Gasteiger partial charge >= 0.3 is 6.18 Å². The summed E-state index contributed by atoms with van der Waals surface area (Å²) in [5, 5.41) is 0.620. The molecular formula is C27H26F3N5O. The Bertz CT molecular complexity index is 1380. The predicted molar refractivity (Wildman–Crippen MR) is 133 cm³/mol. The smallest absolute Gasteiger partial charge is 0.325 e. The Kier molecular flexibility index (Phi) is 6.73. The molecule has 4 aromatic rings. The second kappa shape index (κ2) is 10.1. The fourth-order valence-corrected chi connectivity index (χ4v) is 4.75. The number of piperidine rings is 1. The molecule has 0 spiro atoms. The van der Waals surface area contributed by atoms with Gasteiger partial charge in [-0.25, -0.2) is 9.97 Å². The maximum absolute atomic E-state index is 13.3. The Hall–Kier alpha value is -3.72. The molecule has 1 aliphatic rings. The van der Waals surface area contributed by atoms with Crippen molar-refractivity contribution in [1.29, 1.82) is 0 Å². The lowest BCUT2D eigenvalue weighted by Gasteiger charge is -2.34. The Balaban J connectivity index is 1.28. The lowest BCUT2D eigenvalue weighted by molar-refractivity contribution is -0.137. The monoisotopic (exact) mass is 493 g/mol. The summed E-state index contributed by atoms with van der Waals surface area (Å²) in [4.78, 5) is 25.9. The molecule has 3 heterocycles. The number of alkyl halides is 3. The van der Waals surface area contributed by atoms with Crippen molar-refractivity contribution in [1.82, 2.24) is 19.4 Å². The molecule has 2 aromatic carbocycles. The molecule has 5 rings (SSSR count). The van der Waals surface area contributed by atoms with Crippen molar-refractivity contribution < 1.29 is 13.2 Å². The number of fused-ring (bicyclic) bond motifs is 1. The maximum atomic E-state index is 13.3. The number of likely N-dealkylation sites (tertiary alicyclic amines) is 1. The highest BCUT2D eigenvalue weighted by Crippen LogP contribution is 2.33. The van der Waals surface area contributed by atoms with Gasteiger partial charge in [0, 0.05) is 44.1 Å². The molecule has 0 bridgehead atoms. The Labute approximate surface area is 206 Å². The van der Waals surface area contributed by atoms with Gasteiger partial charge in [0.1, 0.15) is 5.82 Å². The van der Waals surface area contributed by atoms with Gasteiger partial charge in [-0.2, -0.15) is 13.2 Å². The largest absolute Gasteiger partial charge is 0.416 e. The summed E-state index contributed by atoms with van der Waals surface area (Å²) in [7, 11) is 0. The number of pyridine rings is 1. The summed E-state index contributed by atoms with van der Waals surface area (Å²) in [6, 6.07) is 18.2. The van der Waals surface area contributed by atoms with Gasteiger partial charge in [0.15, 0.2) is 0 Å². The normalized spacial score (nSPS) is 15.3. The van der Waals surface area contributed by atoms with Crippen molar-refractivity contribution >= 4 is 22.4 Å². The fraction of sp³-hybridized carbons (Fsp3) is 0.296.